The number of pyridine rings is 1. The van der Waals surface area contributed by atoms with Crippen molar-refractivity contribution in [2.45, 2.75) is 26.3 Å². The molecule has 2 heteroatoms. The lowest BCUT2D eigenvalue weighted by Gasteiger charge is -2.04. The van der Waals surface area contributed by atoms with E-state index in [9.17, 15) is 0 Å². The molecular formula is C16H20N2. The van der Waals surface area contributed by atoms with Gasteiger partial charge in [0.2, 0.25) is 0 Å². The van der Waals surface area contributed by atoms with Crippen LogP contribution >= 0.6 is 0 Å². The zero-order valence-electron chi connectivity index (χ0n) is 11.1. The van der Waals surface area contributed by atoms with E-state index in [0.717, 1.165) is 18.5 Å². The fraction of sp³-hybridized carbons (Fsp3) is 0.312. The van der Waals surface area contributed by atoms with Crippen LogP contribution in [0.4, 0.5) is 0 Å². The van der Waals surface area contributed by atoms with Gasteiger partial charge in [0, 0.05) is 17.6 Å². The number of nitrogens with one attached hydrogen (secondary N) is 1. The largest absolute Gasteiger partial charge is 0.314 e. The Hall–Kier alpha value is -1.67. The van der Waals surface area contributed by atoms with Crippen LogP contribution in [0.2, 0.25) is 0 Å². The van der Waals surface area contributed by atoms with Crippen LogP contribution < -0.4 is 5.32 Å². The monoisotopic (exact) mass is 240 g/mol. The van der Waals surface area contributed by atoms with Gasteiger partial charge in [0.05, 0.1) is 5.52 Å². The van der Waals surface area contributed by atoms with Crippen LogP contribution in [0, 0.1) is 0 Å². The third kappa shape index (κ3) is 3.67. The molecule has 0 fully saturated rings. The highest BCUT2D eigenvalue weighted by molar-refractivity contribution is 5.80. The molecule has 0 unspecified atom stereocenters. The molecule has 0 radical (unpaired) electrons. The predicted molar refractivity (Wildman–Crippen MR) is 78.5 cm³/mol. The van der Waals surface area contributed by atoms with Gasteiger partial charge in [-0.25, -0.2) is 0 Å². The smallest absolute Gasteiger partial charge is 0.0707 e. The molecule has 0 amide bonds. The minimum atomic E-state index is 0.559. The lowest BCUT2D eigenvalue weighted by Crippen LogP contribution is -2.23. The van der Waals surface area contributed by atoms with Gasteiger partial charge < -0.3 is 5.32 Å². The Bertz CT molecular complexity index is 529. The molecule has 0 saturated heterocycles. The molecule has 0 atom stereocenters. The molecule has 0 aliphatic carbocycles. The molecule has 2 aromatic rings. The number of hydrogen-bond acceptors (Lipinski definition) is 2. The molecule has 0 bridgehead atoms. The van der Waals surface area contributed by atoms with Gasteiger partial charge in [-0.1, -0.05) is 44.2 Å². The first kappa shape index (κ1) is 12.8. The van der Waals surface area contributed by atoms with E-state index >= 15 is 0 Å². The maximum Gasteiger partial charge on any atom is 0.0707 e. The molecule has 1 aromatic carbocycles. The molecule has 1 heterocycles. The second-order valence-electron chi connectivity index (χ2n) is 4.76. The van der Waals surface area contributed by atoms with E-state index in [1.165, 1.54) is 10.9 Å². The first-order valence-corrected chi connectivity index (χ1v) is 6.50. The molecule has 0 aliphatic heterocycles. The molecule has 18 heavy (non-hydrogen) atoms. The summed E-state index contributed by atoms with van der Waals surface area (Å²) in [6, 6.07) is 11.0. The summed E-state index contributed by atoms with van der Waals surface area (Å²) in [5, 5.41) is 4.59. The number of benzene rings is 1. The van der Waals surface area contributed by atoms with Crippen LogP contribution in [0.15, 0.2) is 42.6 Å². The fourth-order valence-electron chi connectivity index (χ4n) is 1.86. The molecule has 0 aliphatic rings. The van der Waals surface area contributed by atoms with E-state index in [1.807, 2.05) is 12.3 Å². The van der Waals surface area contributed by atoms with Crippen LogP contribution in [0.3, 0.4) is 0 Å². The molecule has 94 valence electrons. The van der Waals surface area contributed by atoms with Crippen molar-refractivity contribution in [1.29, 1.82) is 0 Å². The summed E-state index contributed by atoms with van der Waals surface area (Å²) in [5.74, 6) is 0. The normalized spacial score (nSPS) is 11.7. The Morgan fingerprint density at radius 3 is 3.00 bits per heavy atom. The highest BCUT2D eigenvalue weighted by Gasteiger charge is 1.94. The van der Waals surface area contributed by atoms with Crippen molar-refractivity contribution in [3.05, 3.63) is 48.2 Å². The van der Waals surface area contributed by atoms with Crippen molar-refractivity contribution >= 4 is 17.0 Å². The van der Waals surface area contributed by atoms with E-state index in [-0.39, 0.29) is 0 Å². The second kappa shape index (κ2) is 6.31. The summed E-state index contributed by atoms with van der Waals surface area (Å²) in [5.41, 5.74) is 2.27. The summed E-state index contributed by atoms with van der Waals surface area (Å²) in [6.45, 7) is 5.36. The average Bonchev–Trinajstić information content (AvgIpc) is 2.38. The van der Waals surface area contributed by atoms with E-state index in [1.54, 1.807) is 0 Å². The molecule has 0 saturated carbocycles. The van der Waals surface area contributed by atoms with Gasteiger partial charge in [-0.2, -0.15) is 0 Å². The van der Waals surface area contributed by atoms with Crippen molar-refractivity contribution in [2.75, 3.05) is 6.54 Å². The average molecular weight is 240 g/mol. The zero-order valence-corrected chi connectivity index (χ0v) is 11.1. The number of hydrogen-bond donors (Lipinski definition) is 1. The van der Waals surface area contributed by atoms with Gasteiger partial charge in [-0.3, -0.25) is 4.98 Å². The fourth-order valence-corrected chi connectivity index (χ4v) is 1.86. The van der Waals surface area contributed by atoms with Crippen LogP contribution in [-0.4, -0.2) is 17.6 Å². The summed E-state index contributed by atoms with van der Waals surface area (Å²) in [6.07, 6.45) is 7.26. The maximum absolute atomic E-state index is 4.36. The van der Waals surface area contributed by atoms with Crippen molar-refractivity contribution in [2.24, 2.45) is 0 Å². The summed E-state index contributed by atoms with van der Waals surface area (Å²) in [4.78, 5) is 4.36. The van der Waals surface area contributed by atoms with E-state index in [2.05, 4.69) is 60.6 Å². The first-order valence-electron chi connectivity index (χ1n) is 6.50. The Morgan fingerprint density at radius 1 is 1.28 bits per heavy atom. The standard InChI is InChI=1S/C16H20N2/c1-13(2)17-10-4-3-6-14-8-9-15-7-5-11-18-16(15)12-14/h3,5-9,11-13,17H,4,10H2,1-2H3/b6-3+. The van der Waals surface area contributed by atoms with Crippen LogP contribution in [0.5, 0.6) is 0 Å². The van der Waals surface area contributed by atoms with Gasteiger partial charge in [-0.05, 0) is 30.7 Å². The Morgan fingerprint density at radius 2 is 2.17 bits per heavy atom. The SMILES string of the molecule is CC(C)NCC/C=C/c1ccc2cccnc2c1. The maximum atomic E-state index is 4.36. The molecule has 1 aromatic heterocycles. The van der Waals surface area contributed by atoms with E-state index < -0.39 is 0 Å². The predicted octanol–water partition coefficient (Wildman–Crippen LogP) is 3.64. The van der Waals surface area contributed by atoms with Gasteiger partial charge in [0.25, 0.3) is 0 Å². The molecule has 2 rings (SSSR count). The molecule has 1 N–H and O–H groups in total. The van der Waals surface area contributed by atoms with E-state index in [4.69, 9.17) is 0 Å². The number of fused-ring (bicyclic) bond motifs is 1. The molecular weight excluding hydrogens is 220 g/mol. The lowest BCUT2D eigenvalue weighted by atomic mass is 10.1. The summed E-state index contributed by atoms with van der Waals surface area (Å²) in [7, 11) is 0. The van der Waals surface area contributed by atoms with Gasteiger partial charge in [0.1, 0.15) is 0 Å². The summed E-state index contributed by atoms with van der Waals surface area (Å²) < 4.78 is 0. The molecule has 0 spiro atoms. The van der Waals surface area contributed by atoms with Gasteiger partial charge in [0.15, 0.2) is 0 Å². The Kier molecular flexibility index (Phi) is 4.48. The highest BCUT2D eigenvalue weighted by atomic mass is 14.9. The van der Waals surface area contributed by atoms with Crippen LogP contribution in [0.25, 0.3) is 17.0 Å². The highest BCUT2D eigenvalue weighted by Crippen LogP contribution is 2.14. The number of nitrogens with zero attached hydrogens (tertiary/aromatic N) is 1. The van der Waals surface area contributed by atoms with Crippen molar-refractivity contribution in [3.63, 3.8) is 0 Å². The first-order chi connectivity index (χ1) is 8.75. The third-order valence-electron chi connectivity index (χ3n) is 2.80. The third-order valence-corrected chi connectivity index (χ3v) is 2.80. The Labute approximate surface area is 109 Å². The second-order valence-corrected chi connectivity index (χ2v) is 4.76. The summed E-state index contributed by atoms with van der Waals surface area (Å²) >= 11 is 0. The van der Waals surface area contributed by atoms with Crippen molar-refractivity contribution < 1.29 is 0 Å². The minimum Gasteiger partial charge on any atom is -0.314 e. The van der Waals surface area contributed by atoms with Gasteiger partial charge >= 0.3 is 0 Å². The van der Waals surface area contributed by atoms with E-state index in [0.29, 0.717) is 6.04 Å². The number of rotatable bonds is 5. The topological polar surface area (TPSA) is 24.9 Å². The van der Waals surface area contributed by atoms with Gasteiger partial charge in [-0.15, -0.1) is 0 Å². The Balaban J connectivity index is 1.97. The minimum absolute atomic E-state index is 0.559. The quantitative estimate of drug-likeness (QED) is 0.807. The van der Waals surface area contributed by atoms with Crippen LogP contribution in [0.1, 0.15) is 25.8 Å². The van der Waals surface area contributed by atoms with Crippen LogP contribution in [-0.2, 0) is 0 Å². The van der Waals surface area contributed by atoms with Crippen molar-refractivity contribution in [1.82, 2.24) is 10.3 Å². The van der Waals surface area contributed by atoms with Crippen molar-refractivity contribution in [3.8, 4) is 0 Å². The lowest BCUT2D eigenvalue weighted by molar-refractivity contribution is 0.595. The molecule has 2 nitrogen and oxygen atoms in total. The number of aromatic nitrogens is 1. The zero-order chi connectivity index (χ0) is 12.8.